The Bertz CT molecular complexity index is 328. The monoisotopic (exact) mass is 237 g/mol. The predicted octanol–water partition coefficient (Wildman–Crippen LogP) is 1.73. The Morgan fingerprint density at radius 1 is 1.29 bits per heavy atom. The van der Waals surface area contributed by atoms with Gasteiger partial charge in [0.2, 0.25) is 0 Å². The molecule has 4 nitrogen and oxygen atoms in total. The fourth-order valence-corrected chi connectivity index (χ4v) is 1.70. The first-order valence-corrected chi connectivity index (χ1v) is 6.37. The van der Waals surface area contributed by atoms with Crippen LogP contribution in [0, 0.1) is 0 Å². The van der Waals surface area contributed by atoms with E-state index in [0.29, 0.717) is 6.61 Å². The van der Waals surface area contributed by atoms with Gasteiger partial charge in [-0.25, -0.2) is 9.97 Å². The Labute approximate surface area is 104 Å². The van der Waals surface area contributed by atoms with Crippen molar-refractivity contribution < 1.29 is 4.74 Å². The number of hydrogen-bond donors (Lipinski definition) is 1. The second-order valence-corrected chi connectivity index (χ2v) is 3.99. The van der Waals surface area contributed by atoms with E-state index in [4.69, 9.17) is 4.74 Å². The standard InChI is InChI=1S/C13H23N3O/c1-4-6-12-11(9-14-3)10-15-13(16-12)7-8-17-5-2/h10,14H,4-9H2,1-3H3. The van der Waals surface area contributed by atoms with Gasteiger partial charge >= 0.3 is 0 Å². The van der Waals surface area contributed by atoms with Crippen LogP contribution in [0.25, 0.3) is 0 Å². The van der Waals surface area contributed by atoms with E-state index < -0.39 is 0 Å². The van der Waals surface area contributed by atoms with Crippen molar-refractivity contribution in [3.63, 3.8) is 0 Å². The van der Waals surface area contributed by atoms with E-state index in [9.17, 15) is 0 Å². The molecule has 0 amide bonds. The summed E-state index contributed by atoms with van der Waals surface area (Å²) in [5, 5.41) is 3.15. The Morgan fingerprint density at radius 2 is 2.12 bits per heavy atom. The topological polar surface area (TPSA) is 47.0 Å². The van der Waals surface area contributed by atoms with Crippen LogP contribution < -0.4 is 5.32 Å². The maximum Gasteiger partial charge on any atom is 0.130 e. The minimum atomic E-state index is 0.702. The van der Waals surface area contributed by atoms with Gasteiger partial charge in [-0.2, -0.15) is 0 Å². The summed E-state index contributed by atoms with van der Waals surface area (Å²) in [4.78, 5) is 9.00. The maximum absolute atomic E-state index is 5.32. The third kappa shape index (κ3) is 4.79. The highest BCUT2D eigenvalue weighted by Crippen LogP contribution is 2.08. The molecule has 1 aromatic heterocycles. The number of rotatable bonds is 8. The van der Waals surface area contributed by atoms with Gasteiger partial charge in [-0.05, 0) is 20.4 Å². The Hall–Kier alpha value is -1.00. The third-order valence-electron chi connectivity index (χ3n) is 2.53. The first-order chi connectivity index (χ1) is 8.31. The molecule has 0 bridgehead atoms. The molecule has 0 saturated carbocycles. The van der Waals surface area contributed by atoms with Crippen LogP contribution in [-0.4, -0.2) is 30.2 Å². The zero-order valence-electron chi connectivity index (χ0n) is 11.1. The van der Waals surface area contributed by atoms with E-state index in [2.05, 4.69) is 22.2 Å². The van der Waals surface area contributed by atoms with Crippen LogP contribution >= 0.6 is 0 Å². The lowest BCUT2D eigenvalue weighted by atomic mass is 10.1. The van der Waals surface area contributed by atoms with Crippen LogP contribution in [0.3, 0.4) is 0 Å². The zero-order chi connectivity index (χ0) is 12.5. The molecule has 0 atom stereocenters. The highest BCUT2D eigenvalue weighted by Gasteiger charge is 2.06. The minimum Gasteiger partial charge on any atom is -0.381 e. The van der Waals surface area contributed by atoms with Crippen molar-refractivity contribution >= 4 is 0 Å². The molecule has 17 heavy (non-hydrogen) atoms. The average molecular weight is 237 g/mol. The maximum atomic E-state index is 5.32. The van der Waals surface area contributed by atoms with Gasteiger partial charge in [0.25, 0.3) is 0 Å². The molecule has 1 heterocycles. The van der Waals surface area contributed by atoms with Crippen LogP contribution in [0.5, 0.6) is 0 Å². The summed E-state index contributed by atoms with van der Waals surface area (Å²) in [7, 11) is 1.94. The van der Waals surface area contributed by atoms with Crippen LogP contribution in [0.4, 0.5) is 0 Å². The summed E-state index contributed by atoms with van der Waals surface area (Å²) in [5.41, 5.74) is 2.37. The summed E-state index contributed by atoms with van der Waals surface area (Å²) in [6.07, 6.45) is 4.86. The van der Waals surface area contributed by atoms with Crippen LogP contribution in [-0.2, 0) is 24.1 Å². The van der Waals surface area contributed by atoms with Gasteiger partial charge in [-0.3, -0.25) is 0 Å². The molecule has 0 saturated heterocycles. The lowest BCUT2D eigenvalue weighted by Gasteiger charge is -2.09. The van der Waals surface area contributed by atoms with Crippen LogP contribution in [0.1, 0.15) is 37.4 Å². The molecule has 0 aliphatic rings. The van der Waals surface area contributed by atoms with Gasteiger partial charge in [-0.15, -0.1) is 0 Å². The Balaban J connectivity index is 2.70. The molecule has 0 unspecified atom stereocenters. The first kappa shape index (κ1) is 14.1. The van der Waals surface area contributed by atoms with Crippen molar-refractivity contribution in [2.45, 2.75) is 39.7 Å². The molecule has 0 aromatic carbocycles. The minimum absolute atomic E-state index is 0.702. The molecule has 0 spiro atoms. The van der Waals surface area contributed by atoms with Gasteiger partial charge < -0.3 is 10.1 Å². The Kier molecular flexibility index (Phi) is 6.74. The molecule has 0 fully saturated rings. The highest BCUT2D eigenvalue weighted by molar-refractivity contribution is 5.18. The van der Waals surface area contributed by atoms with E-state index in [1.54, 1.807) is 0 Å². The van der Waals surface area contributed by atoms with E-state index in [1.165, 1.54) is 11.3 Å². The van der Waals surface area contributed by atoms with Gasteiger partial charge in [0, 0.05) is 37.0 Å². The quantitative estimate of drug-likeness (QED) is 0.699. The van der Waals surface area contributed by atoms with Gasteiger partial charge in [0.1, 0.15) is 5.82 Å². The Morgan fingerprint density at radius 3 is 2.76 bits per heavy atom. The summed E-state index contributed by atoms with van der Waals surface area (Å²) >= 11 is 0. The van der Waals surface area contributed by atoms with Crippen molar-refractivity contribution in [1.29, 1.82) is 0 Å². The highest BCUT2D eigenvalue weighted by atomic mass is 16.5. The fourth-order valence-electron chi connectivity index (χ4n) is 1.70. The van der Waals surface area contributed by atoms with Crippen molar-refractivity contribution in [2.24, 2.45) is 0 Å². The molecule has 0 aliphatic heterocycles. The lowest BCUT2D eigenvalue weighted by Crippen LogP contribution is -2.12. The molecule has 1 N–H and O–H groups in total. The second kappa shape index (κ2) is 8.14. The SMILES string of the molecule is CCCc1nc(CCOCC)ncc1CNC. The van der Waals surface area contributed by atoms with Crippen LogP contribution in [0.15, 0.2) is 6.20 Å². The van der Waals surface area contributed by atoms with E-state index in [-0.39, 0.29) is 0 Å². The van der Waals surface area contributed by atoms with E-state index in [1.807, 2.05) is 20.2 Å². The van der Waals surface area contributed by atoms with Gasteiger partial charge in [0.15, 0.2) is 0 Å². The third-order valence-corrected chi connectivity index (χ3v) is 2.53. The molecule has 1 rings (SSSR count). The smallest absolute Gasteiger partial charge is 0.130 e. The summed E-state index contributed by atoms with van der Waals surface area (Å²) in [5.74, 6) is 0.891. The normalized spacial score (nSPS) is 10.8. The number of nitrogens with zero attached hydrogens (tertiary/aromatic N) is 2. The molecule has 4 heteroatoms. The molecular weight excluding hydrogens is 214 g/mol. The zero-order valence-corrected chi connectivity index (χ0v) is 11.1. The summed E-state index contributed by atoms with van der Waals surface area (Å²) in [6, 6.07) is 0. The molecule has 0 aliphatic carbocycles. The van der Waals surface area contributed by atoms with Crippen molar-refractivity contribution in [3.05, 3.63) is 23.3 Å². The summed E-state index contributed by atoms with van der Waals surface area (Å²) in [6.45, 7) is 6.46. The second-order valence-electron chi connectivity index (χ2n) is 3.99. The lowest BCUT2D eigenvalue weighted by molar-refractivity contribution is 0.149. The van der Waals surface area contributed by atoms with Gasteiger partial charge in [0.05, 0.1) is 6.61 Å². The number of nitrogens with one attached hydrogen (secondary N) is 1. The summed E-state index contributed by atoms with van der Waals surface area (Å²) < 4.78 is 5.32. The fraction of sp³-hybridized carbons (Fsp3) is 0.692. The predicted molar refractivity (Wildman–Crippen MR) is 69.0 cm³/mol. The first-order valence-electron chi connectivity index (χ1n) is 6.37. The average Bonchev–Trinajstić information content (AvgIpc) is 2.33. The number of ether oxygens (including phenoxy) is 1. The number of aryl methyl sites for hydroxylation is 1. The molecule has 1 aromatic rings. The van der Waals surface area contributed by atoms with E-state index >= 15 is 0 Å². The van der Waals surface area contributed by atoms with Gasteiger partial charge in [-0.1, -0.05) is 13.3 Å². The number of hydrogen-bond acceptors (Lipinski definition) is 4. The van der Waals surface area contributed by atoms with Crippen LogP contribution in [0.2, 0.25) is 0 Å². The molecule has 0 radical (unpaired) electrons. The van der Waals surface area contributed by atoms with E-state index in [0.717, 1.165) is 38.2 Å². The number of aromatic nitrogens is 2. The molecule has 96 valence electrons. The molecular formula is C13H23N3O. The largest absolute Gasteiger partial charge is 0.381 e. The van der Waals surface area contributed by atoms with Crippen molar-refractivity contribution in [3.8, 4) is 0 Å². The van der Waals surface area contributed by atoms with Crippen molar-refractivity contribution in [1.82, 2.24) is 15.3 Å². The van der Waals surface area contributed by atoms with Crippen molar-refractivity contribution in [2.75, 3.05) is 20.3 Å².